The van der Waals surface area contributed by atoms with Crippen LogP contribution in [0.3, 0.4) is 0 Å². The molecule has 1 aromatic heterocycles. The van der Waals surface area contributed by atoms with Crippen molar-refractivity contribution in [3.05, 3.63) is 78.1 Å². The molecule has 1 heterocycles. The molecule has 2 aromatic carbocycles. The molecular weight excluding hydrogens is 256 g/mol. The zero-order valence-electron chi connectivity index (χ0n) is 12.3. The highest BCUT2D eigenvalue weighted by molar-refractivity contribution is 5.84. The lowest BCUT2D eigenvalue weighted by Gasteiger charge is -2.17. The molecule has 106 valence electrons. The first-order chi connectivity index (χ1) is 10.4. The summed E-state index contributed by atoms with van der Waals surface area (Å²) in [5, 5.41) is 5.91. The van der Waals surface area contributed by atoms with Crippen LogP contribution in [0.2, 0.25) is 0 Å². The predicted molar refractivity (Wildman–Crippen MR) is 88.3 cm³/mol. The summed E-state index contributed by atoms with van der Waals surface area (Å²) in [4.78, 5) is 4.63. The maximum atomic E-state index is 4.63. The molecule has 0 fully saturated rings. The van der Waals surface area contributed by atoms with Gasteiger partial charge in [-0.2, -0.15) is 0 Å². The van der Waals surface area contributed by atoms with Crippen molar-refractivity contribution in [3.8, 4) is 0 Å². The molecule has 2 heteroatoms. The number of hydrogen-bond acceptors (Lipinski definition) is 2. The van der Waals surface area contributed by atoms with E-state index < -0.39 is 0 Å². The summed E-state index contributed by atoms with van der Waals surface area (Å²) in [6, 6.07) is 21.4. The summed E-state index contributed by atoms with van der Waals surface area (Å²) in [5.74, 6) is 0. The van der Waals surface area contributed by atoms with E-state index in [0.717, 1.165) is 18.5 Å². The lowest BCUT2D eigenvalue weighted by molar-refractivity contribution is 0.540. The van der Waals surface area contributed by atoms with Crippen LogP contribution in [0.4, 0.5) is 0 Å². The van der Waals surface area contributed by atoms with Crippen molar-refractivity contribution in [2.45, 2.75) is 18.9 Å². The first-order valence-corrected chi connectivity index (χ1v) is 7.43. The molecule has 0 bridgehead atoms. The number of aromatic nitrogens is 1. The summed E-state index contributed by atoms with van der Waals surface area (Å²) in [5.41, 5.74) is 2.52. The van der Waals surface area contributed by atoms with Crippen LogP contribution in [0.5, 0.6) is 0 Å². The van der Waals surface area contributed by atoms with Crippen molar-refractivity contribution in [3.63, 3.8) is 0 Å². The van der Waals surface area contributed by atoms with Crippen molar-refractivity contribution < 1.29 is 0 Å². The Morgan fingerprint density at radius 2 is 1.71 bits per heavy atom. The molecule has 0 spiro atoms. The maximum absolute atomic E-state index is 4.63. The smallest absolute Gasteiger partial charge is 0.0651 e. The summed E-state index contributed by atoms with van der Waals surface area (Å²) in [7, 11) is 2.01. The van der Waals surface area contributed by atoms with E-state index in [0.29, 0.717) is 0 Å². The molecule has 21 heavy (non-hydrogen) atoms. The van der Waals surface area contributed by atoms with Crippen molar-refractivity contribution in [2.24, 2.45) is 0 Å². The highest BCUT2D eigenvalue weighted by Gasteiger charge is 2.13. The van der Waals surface area contributed by atoms with E-state index in [4.69, 9.17) is 0 Å². The Hall–Kier alpha value is -2.19. The van der Waals surface area contributed by atoms with Crippen LogP contribution in [-0.4, -0.2) is 12.0 Å². The van der Waals surface area contributed by atoms with E-state index in [1.807, 2.05) is 13.2 Å². The standard InChI is InChI=1S/C19H20N2/c1-20-18(12-11-15-7-3-2-4-8-15)19-17-10-6-5-9-16(17)13-14-21-19/h2-10,13-14,18,20H,11-12H2,1H3. The molecule has 1 atom stereocenters. The Morgan fingerprint density at radius 3 is 2.52 bits per heavy atom. The largest absolute Gasteiger partial charge is 0.312 e. The third-order valence-corrected chi connectivity index (χ3v) is 3.95. The van der Waals surface area contributed by atoms with Gasteiger partial charge in [0.1, 0.15) is 0 Å². The Kier molecular flexibility index (Phi) is 4.27. The third-order valence-electron chi connectivity index (χ3n) is 3.95. The van der Waals surface area contributed by atoms with E-state index in [2.05, 4.69) is 71.0 Å². The number of pyridine rings is 1. The molecule has 0 aliphatic heterocycles. The van der Waals surface area contributed by atoms with Gasteiger partial charge in [-0.3, -0.25) is 4.98 Å². The second kappa shape index (κ2) is 6.51. The quantitative estimate of drug-likeness (QED) is 0.758. The topological polar surface area (TPSA) is 24.9 Å². The van der Waals surface area contributed by atoms with Gasteiger partial charge in [0.25, 0.3) is 0 Å². The number of nitrogens with zero attached hydrogens (tertiary/aromatic N) is 1. The van der Waals surface area contributed by atoms with E-state index in [-0.39, 0.29) is 6.04 Å². The summed E-state index contributed by atoms with van der Waals surface area (Å²) in [6.45, 7) is 0. The molecule has 3 rings (SSSR count). The number of rotatable bonds is 5. The van der Waals surface area contributed by atoms with Crippen molar-refractivity contribution in [2.75, 3.05) is 7.05 Å². The van der Waals surface area contributed by atoms with Crippen molar-refractivity contribution in [1.29, 1.82) is 0 Å². The zero-order chi connectivity index (χ0) is 14.5. The molecule has 0 aliphatic rings. The number of aryl methyl sites for hydroxylation is 1. The average Bonchev–Trinajstić information content (AvgIpc) is 2.56. The number of fused-ring (bicyclic) bond motifs is 1. The van der Waals surface area contributed by atoms with E-state index in [1.54, 1.807) is 0 Å². The second-order valence-electron chi connectivity index (χ2n) is 5.28. The molecule has 1 unspecified atom stereocenters. The van der Waals surface area contributed by atoms with Crippen LogP contribution < -0.4 is 5.32 Å². The monoisotopic (exact) mass is 276 g/mol. The fourth-order valence-electron chi connectivity index (χ4n) is 2.79. The molecule has 2 nitrogen and oxygen atoms in total. The van der Waals surface area contributed by atoms with Gasteiger partial charge in [0.2, 0.25) is 0 Å². The minimum atomic E-state index is 0.274. The Balaban J connectivity index is 1.85. The summed E-state index contributed by atoms with van der Waals surface area (Å²) >= 11 is 0. The number of benzene rings is 2. The molecule has 0 aliphatic carbocycles. The number of nitrogens with one attached hydrogen (secondary N) is 1. The van der Waals surface area contributed by atoms with E-state index >= 15 is 0 Å². The average molecular weight is 276 g/mol. The molecule has 0 saturated heterocycles. The van der Waals surface area contributed by atoms with E-state index in [1.165, 1.54) is 16.3 Å². The van der Waals surface area contributed by atoms with Gasteiger partial charge in [-0.05, 0) is 36.9 Å². The minimum Gasteiger partial charge on any atom is -0.312 e. The summed E-state index contributed by atoms with van der Waals surface area (Å²) in [6.07, 6.45) is 4.00. The van der Waals surface area contributed by atoms with Crippen LogP contribution in [0.25, 0.3) is 10.8 Å². The third kappa shape index (κ3) is 3.11. The predicted octanol–water partition coefficient (Wildman–Crippen LogP) is 4.13. The second-order valence-corrected chi connectivity index (χ2v) is 5.28. The van der Waals surface area contributed by atoms with Crippen molar-refractivity contribution in [1.82, 2.24) is 10.3 Å². The van der Waals surface area contributed by atoms with Crippen LogP contribution in [0.15, 0.2) is 66.9 Å². The van der Waals surface area contributed by atoms with Gasteiger partial charge in [0, 0.05) is 11.6 Å². The zero-order valence-corrected chi connectivity index (χ0v) is 12.3. The Morgan fingerprint density at radius 1 is 0.952 bits per heavy atom. The molecule has 0 saturated carbocycles. The lowest BCUT2D eigenvalue weighted by atomic mass is 9.99. The highest BCUT2D eigenvalue weighted by atomic mass is 14.9. The van der Waals surface area contributed by atoms with Gasteiger partial charge in [0.15, 0.2) is 0 Å². The molecule has 1 N–H and O–H groups in total. The molecular formula is C19H20N2. The summed E-state index contributed by atoms with van der Waals surface area (Å²) < 4.78 is 0. The van der Waals surface area contributed by atoms with Crippen LogP contribution >= 0.6 is 0 Å². The first kappa shape index (κ1) is 13.8. The minimum absolute atomic E-state index is 0.274. The Labute approximate surface area is 125 Å². The first-order valence-electron chi connectivity index (χ1n) is 7.43. The molecule has 3 aromatic rings. The van der Waals surface area contributed by atoms with Gasteiger partial charge in [-0.25, -0.2) is 0 Å². The van der Waals surface area contributed by atoms with Crippen LogP contribution in [0, 0.1) is 0 Å². The fraction of sp³-hybridized carbons (Fsp3) is 0.211. The molecule has 0 amide bonds. The molecule has 0 radical (unpaired) electrons. The maximum Gasteiger partial charge on any atom is 0.0651 e. The number of hydrogen-bond donors (Lipinski definition) is 1. The Bertz CT molecular complexity index is 702. The van der Waals surface area contributed by atoms with E-state index in [9.17, 15) is 0 Å². The van der Waals surface area contributed by atoms with Gasteiger partial charge in [-0.1, -0.05) is 54.6 Å². The lowest BCUT2D eigenvalue weighted by Crippen LogP contribution is -2.18. The van der Waals surface area contributed by atoms with Gasteiger partial charge in [-0.15, -0.1) is 0 Å². The SMILES string of the molecule is CNC(CCc1ccccc1)c1nccc2ccccc12. The fourth-order valence-corrected chi connectivity index (χ4v) is 2.79. The van der Waals surface area contributed by atoms with Crippen molar-refractivity contribution >= 4 is 10.8 Å². The normalized spacial score (nSPS) is 12.4. The van der Waals surface area contributed by atoms with Gasteiger partial charge in [0.05, 0.1) is 11.7 Å². The van der Waals surface area contributed by atoms with Crippen LogP contribution in [0.1, 0.15) is 23.7 Å². The van der Waals surface area contributed by atoms with Crippen LogP contribution in [-0.2, 0) is 6.42 Å². The van der Waals surface area contributed by atoms with Gasteiger partial charge < -0.3 is 5.32 Å². The van der Waals surface area contributed by atoms with Gasteiger partial charge >= 0.3 is 0 Å². The highest BCUT2D eigenvalue weighted by Crippen LogP contribution is 2.25.